The molecule has 7 heavy (non-hydrogen) atoms. The summed E-state index contributed by atoms with van der Waals surface area (Å²) < 4.78 is 9.50. The standard InChI is InChI=1S/C4H10O2S/c1-5-4(3-7)6-2/h4,7H,3H2,1-2H3. The van der Waals surface area contributed by atoms with Crippen molar-refractivity contribution in [3.8, 4) is 0 Å². The molecule has 0 heterocycles. The summed E-state index contributed by atoms with van der Waals surface area (Å²) in [5.41, 5.74) is 0. The van der Waals surface area contributed by atoms with E-state index in [9.17, 15) is 0 Å². The molecule has 0 bridgehead atoms. The molecule has 0 radical (unpaired) electrons. The molecule has 3 heteroatoms. The summed E-state index contributed by atoms with van der Waals surface area (Å²) >= 11 is 3.93. The molecule has 0 aliphatic rings. The topological polar surface area (TPSA) is 18.5 Å². The Kier molecular flexibility index (Phi) is 4.60. The Bertz CT molecular complexity index is 31.2. The number of thiol groups is 1. The molecule has 0 saturated heterocycles. The van der Waals surface area contributed by atoms with E-state index in [1.165, 1.54) is 0 Å². The second-order valence-corrected chi connectivity index (χ2v) is 1.45. The zero-order valence-corrected chi connectivity index (χ0v) is 5.44. The second kappa shape index (κ2) is 4.43. The van der Waals surface area contributed by atoms with Gasteiger partial charge in [-0.05, 0) is 0 Å². The van der Waals surface area contributed by atoms with Gasteiger partial charge in [0.15, 0.2) is 6.29 Å². The SMILES string of the molecule is COC(CS)OC. The summed E-state index contributed by atoms with van der Waals surface area (Å²) in [7, 11) is 3.18. The molecular formula is C4H10O2S. The van der Waals surface area contributed by atoms with Crippen LogP contribution in [0.5, 0.6) is 0 Å². The van der Waals surface area contributed by atoms with E-state index in [4.69, 9.17) is 9.47 Å². The first-order valence-corrected chi connectivity index (χ1v) is 2.64. The molecule has 0 unspecified atom stereocenters. The van der Waals surface area contributed by atoms with Crippen LogP contribution in [0.25, 0.3) is 0 Å². The largest absolute Gasteiger partial charge is 0.355 e. The van der Waals surface area contributed by atoms with Crippen LogP contribution in [0, 0.1) is 0 Å². The van der Waals surface area contributed by atoms with Gasteiger partial charge >= 0.3 is 0 Å². The molecule has 0 saturated carbocycles. The Labute approximate surface area is 49.2 Å². The second-order valence-electron chi connectivity index (χ2n) is 1.08. The van der Waals surface area contributed by atoms with Crippen LogP contribution in [0.1, 0.15) is 0 Å². The quantitative estimate of drug-likeness (QED) is 0.435. The van der Waals surface area contributed by atoms with Crippen molar-refractivity contribution in [2.24, 2.45) is 0 Å². The third-order valence-corrected chi connectivity index (χ3v) is 0.973. The predicted molar refractivity (Wildman–Crippen MR) is 31.7 cm³/mol. The summed E-state index contributed by atoms with van der Waals surface area (Å²) in [6, 6.07) is 0. The van der Waals surface area contributed by atoms with E-state index < -0.39 is 0 Å². The minimum absolute atomic E-state index is 0.150. The highest BCUT2D eigenvalue weighted by molar-refractivity contribution is 7.80. The van der Waals surface area contributed by atoms with E-state index in [1.54, 1.807) is 14.2 Å². The molecule has 0 rings (SSSR count). The van der Waals surface area contributed by atoms with Crippen molar-refractivity contribution < 1.29 is 9.47 Å². The first-order valence-electron chi connectivity index (χ1n) is 2.01. The van der Waals surface area contributed by atoms with Crippen LogP contribution < -0.4 is 0 Å². The highest BCUT2D eigenvalue weighted by Crippen LogP contribution is 1.90. The van der Waals surface area contributed by atoms with Gasteiger partial charge in [0.05, 0.1) is 0 Å². The Balaban J connectivity index is 2.99. The molecule has 0 atom stereocenters. The minimum atomic E-state index is -0.150. The predicted octanol–water partition coefficient (Wildman–Crippen LogP) is 0.535. The maximum atomic E-state index is 4.75. The van der Waals surface area contributed by atoms with Crippen molar-refractivity contribution in [1.82, 2.24) is 0 Å². The first kappa shape index (κ1) is 7.27. The molecule has 2 nitrogen and oxygen atoms in total. The number of rotatable bonds is 3. The summed E-state index contributed by atoms with van der Waals surface area (Å²) in [6.07, 6.45) is -0.150. The first-order chi connectivity index (χ1) is 3.35. The van der Waals surface area contributed by atoms with Crippen molar-refractivity contribution in [2.75, 3.05) is 20.0 Å². The third kappa shape index (κ3) is 2.91. The molecule has 0 N–H and O–H groups in total. The Morgan fingerprint density at radius 1 is 1.43 bits per heavy atom. The number of hydrogen-bond acceptors (Lipinski definition) is 3. The van der Waals surface area contributed by atoms with E-state index in [1.807, 2.05) is 0 Å². The Morgan fingerprint density at radius 3 is 1.86 bits per heavy atom. The minimum Gasteiger partial charge on any atom is -0.355 e. The summed E-state index contributed by atoms with van der Waals surface area (Å²) in [4.78, 5) is 0. The van der Waals surface area contributed by atoms with Crippen molar-refractivity contribution in [1.29, 1.82) is 0 Å². The molecule has 0 fully saturated rings. The highest BCUT2D eigenvalue weighted by Gasteiger charge is 1.97. The Hall–Kier alpha value is 0.270. The molecule has 0 aliphatic heterocycles. The van der Waals surface area contributed by atoms with Gasteiger partial charge in [0.1, 0.15) is 0 Å². The van der Waals surface area contributed by atoms with Gasteiger partial charge in [0.25, 0.3) is 0 Å². The number of methoxy groups -OCH3 is 2. The fourth-order valence-electron chi connectivity index (χ4n) is 0.245. The van der Waals surface area contributed by atoms with Gasteiger partial charge in [-0.2, -0.15) is 12.6 Å². The molecule has 0 aliphatic carbocycles. The van der Waals surface area contributed by atoms with Gasteiger partial charge < -0.3 is 9.47 Å². The van der Waals surface area contributed by atoms with Gasteiger partial charge in [-0.15, -0.1) is 0 Å². The van der Waals surface area contributed by atoms with Gasteiger partial charge in [-0.1, -0.05) is 0 Å². The fourth-order valence-corrected chi connectivity index (χ4v) is 0.543. The van der Waals surface area contributed by atoms with Crippen LogP contribution in [0.15, 0.2) is 0 Å². The zero-order chi connectivity index (χ0) is 5.70. The van der Waals surface area contributed by atoms with E-state index in [-0.39, 0.29) is 6.29 Å². The number of hydrogen-bond donors (Lipinski definition) is 1. The van der Waals surface area contributed by atoms with Crippen LogP contribution >= 0.6 is 12.6 Å². The average molecular weight is 122 g/mol. The monoisotopic (exact) mass is 122 g/mol. The molecule has 0 amide bonds. The lowest BCUT2D eigenvalue weighted by Gasteiger charge is -2.07. The fraction of sp³-hybridized carbons (Fsp3) is 1.00. The van der Waals surface area contributed by atoms with Crippen LogP contribution in [0.2, 0.25) is 0 Å². The lowest BCUT2D eigenvalue weighted by molar-refractivity contribution is -0.0840. The smallest absolute Gasteiger partial charge is 0.165 e. The van der Waals surface area contributed by atoms with Crippen LogP contribution in [-0.2, 0) is 9.47 Å². The van der Waals surface area contributed by atoms with E-state index in [0.29, 0.717) is 5.75 Å². The Morgan fingerprint density at radius 2 is 1.86 bits per heavy atom. The van der Waals surface area contributed by atoms with Crippen molar-refractivity contribution in [3.05, 3.63) is 0 Å². The lowest BCUT2D eigenvalue weighted by atomic mass is 10.7. The molecule has 44 valence electrons. The summed E-state index contributed by atoms with van der Waals surface area (Å²) in [5.74, 6) is 0.604. The van der Waals surface area contributed by atoms with Crippen LogP contribution in [0.3, 0.4) is 0 Å². The maximum absolute atomic E-state index is 4.75. The van der Waals surface area contributed by atoms with Gasteiger partial charge in [-0.3, -0.25) is 0 Å². The molecular weight excluding hydrogens is 112 g/mol. The average Bonchev–Trinajstić information content (AvgIpc) is 1.72. The lowest BCUT2D eigenvalue weighted by Crippen LogP contribution is -2.13. The van der Waals surface area contributed by atoms with Gasteiger partial charge in [0.2, 0.25) is 0 Å². The van der Waals surface area contributed by atoms with Crippen molar-refractivity contribution in [2.45, 2.75) is 6.29 Å². The molecule has 0 aromatic heterocycles. The molecule has 0 aromatic carbocycles. The third-order valence-electron chi connectivity index (χ3n) is 0.675. The zero-order valence-electron chi connectivity index (χ0n) is 4.55. The van der Waals surface area contributed by atoms with Crippen LogP contribution in [-0.4, -0.2) is 26.3 Å². The van der Waals surface area contributed by atoms with E-state index >= 15 is 0 Å². The summed E-state index contributed by atoms with van der Waals surface area (Å²) in [6.45, 7) is 0. The number of ether oxygens (including phenoxy) is 2. The molecule has 0 aromatic rings. The summed E-state index contributed by atoms with van der Waals surface area (Å²) in [5, 5.41) is 0. The highest BCUT2D eigenvalue weighted by atomic mass is 32.1. The maximum Gasteiger partial charge on any atom is 0.165 e. The van der Waals surface area contributed by atoms with Crippen molar-refractivity contribution >= 4 is 12.6 Å². The molecule has 0 spiro atoms. The van der Waals surface area contributed by atoms with E-state index in [2.05, 4.69) is 12.6 Å². The van der Waals surface area contributed by atoms with E-state index in [0.717, 1.165) is 0 Å². The normalized spacial score (nSPS) is 10.3. The van der Waals surface area contributed by atoms with Gasteiger partial charge in [0, 0.05) is 20.0 Å². The van der Waals surface area contributed by atoms with Gasteiger partial charge in [-0.25, -0.2) is 0 Å². The van der Waals surface area contributed by atoms with Crippen LogP contribution in [0.4, 0.5) is 0 Å². The van der Waals surface area contributed by atoms with Crippen molar-refractivity contribution in [3.63, 3.8) is 0 Å².